The third-order valence-electron chi connectivity index (χ3n) is 3.82. The van der Waals surface area contributed by atoms with Crippen molar-refractivity contribution in [1.29, 1.82) is 0 Å². The van der Waals surface area contributed by atoms with E-state index in [-0.39, 0.29) is 0 Å². The predicted octanol–water partition coefficient (Wildman–Crippen LogP) is 3.06. The van der Waals surface area contributed by atoms with E-state index in [0.29, 0.717) is 6.04 Å². The van der Waals surface area contributed by atoms with Gasteiger partial charge in [-0.05, 0) is 44.4 Å². The lowest BCUT2D eigenvalue weighted by Crippen LogP contribution is -2.34. The fourth-order valence-corrected chi connectivity index (χ4v) is 3.42. The van der Waals surface area contributed by atoms with Crippen LogP contribution in [0.2, 0.25) is 0 Å². The summed E-state index contributed by atoms with van der Waals surface area (Å²) in [6.45, 7) is 4.19. The highest BCUT2D eigenvalue weighted by molar-refractivity contribution is 7.99. The molecule has 3 nitrogen and oxygen atoms in total. The highest BCUT2D eigenvalue weighted by Gasteiger charge is 2.20. The van der Waals surface area contributed by atoms with Crippen LogP contribution in [0.3, 0.4) is 0 Å². The molecule has 0 aliphatic heterocycles. The molecule has 0 saturated heterocycles. The molecule has 1 saturated carbocycles. The molecule has 1 heterocycles. The lowest BCUT2D eigenvalue weighted by Gasteiger charge is -2.28. The summed E-state index contributed by atoms with van der Waals surface area (Å²) in [5.74, 6) is 0. The van der Waals surface area contributed by atoms with Crippen molar-refractivity contribution in [2.24, 2.45) is 0 Å². The Bertz CT molecular complexity index is 343. The number of rotatable bonds is 6. The van der Waals surface area contributed by atoms with Crippen LogP contribution in [-0.4, -0.2) is 27.3 Å². The van der Waals surface area contributed by atoms with Gasteiger partial charge in [0, 0.05) is 30.6 Å². The minimum atomic E-state index is 0.707. The van der Waals surface area contributed by atoms with Crippen LogP contribution in [0.15, 0.2) is 12.3 Å². The Balaban J connectivity index is 1.76. The number of aromatic nitrogens is 2. The maximum absolute atomic E-state index is 4.37. The van der Waals surface area contributed by atoms with Gasteiger partial charge in [0.2, 0.25) is 0 Å². The molecule has 0 atom stereocenters. The Morgan fingerprint density at radius 3 is 2.83 bits per heavy atom. The fourth-order valence-electron chi connectivity index (χ4n) is 2.67. The second-order valence-corrected chi connectivity index (χ2v) is 6.27. The number of nitrogens with zero attached hydrogens (tertiary/aromatic N) is 2. The Morgan fingerprint density at radius 2 is 2.17 bits per heavy atom. The normalized spacial score (nSPS) is 24.3. The minimum Gasteiger partial charge on any atom is -0.308 e. The first kappa shape index (κ1) is 13.9. The molecule has 1 aliphatic carbocycles. The van der Waals surface area contributed by atoms with Gasteiger partial charge in [-0.2, -0.15) is 16.9 Å². The molecule has 1 aromatic heterocycles. The van der Waals surface area contributed by atoms with E-state index < -0.39 is 0 Å². The van der Waals surface area contributed by atoms with E-state index in [9.17, 15) is 0 Å². The number of aryl methyl sites for hydroxylation is 1. The monoisotopic (exact) mass is 267 g/mol. The van der Waals surface area contributed by atoms with Gasteiger partial charge in [0.1, 0.15) is 0 Å². The zero-order valence-electron chi connectivity index (χ0n) is 11.6. The second-order valence-electron chi connectivity index (χ2n) is 5.14. The van der Waals surface area contributed by atoms with Crippen molar-refractivity contribution in [3.05, 3.63) is 18.0 Å². The smallest absolute Gasteiger partial charge is 0.0522 e. The molecule has 0 unspecified atom stereocenters. The first-order valence-corrected chi connectivity index (χ1v) is 8.39. The van der Waals surface area contributed by atoms with Gasteiger partial charge in [-0.1, -0.05) is 6.92 Å². The van der Waals surface area contributed by atoms with Crippen LogP contribution in [0.25, 0.3) is 0 Å². The van der Waals surface area contributed by atoms with E-state index in [0.717, 1.165) is 24.8 Å². The topological polar surface area (TPSA) is 29.9 Å². The van der Waals surface area contributed by atoms with Gasteiger partial charge in [0.05, 0.1) is 5.69 Å². The van der Waals surface area contributed by atoms with Crippen molar-refractivity contribution < 1.29 is 0 Å². The average Bonchev–Trinajstić information content (AvgIpc) is 2.85. The van der Waals surface area contributed by atoms with Crippen LogP contribution in [0.1, 0.15) is 44.7 Å². The maximum atomic E-state index is 4.37. The molecule has 0 amide bonds. The summed E-state index contributed by atoms with van der Waals surface area (Å²) in [6.07, 6.45) is 10.7. The van der Waals surface area contributed by atoms with Gasteiger partial charge in [-0.3, -0.25) is 4.68 Å². The average molecular weight is 267 g/mol. The molecule has 0 bridgehead atoms. The van der Waals surface area contributed by atoms with Gasteiger partial charge in [0.15, 0.2) is 0 Å². The van der Waals surface area contributed by atoms with Gasteiger partial charge < -0.3 is 5.32 Å². The van der Waals surface area contributed by atoms with Crippen LogP contribution in [0.5, 0.6) is 0 Å². The maximum Gasteiger partial charge on any atom is 0.0522 e. The first-order valence-electron chi connectivity index (χ1n) is 7.10. The number of thioether (sulfide) groups is 1. The molecule has 0 radical (unpaired) electrons. The molecule has 4 heteroatoms. The zero-order valence-corrected chi connectivity index (χ0v) is 12.4. The van der Waals surface area contributed by atoms with E-state index in [1.807, 2.05) is 18.0 Å². The van der Waals surface area contributed by atoms with Crippen molar-refractivity contribution in [1.82, 2.24) is 15.1 Å². The zero-order chi connectivity index (χ0) is 12.8. The summed E-state index contributed by atoms with van der Waals surface area (Å²) in [5, 5.41) is 8.96. The van der Waals surface area contributed by atoms with Crippen molar-refractivity contribution in [3.8, 4) is 0 Å². The van der Waals surface area contributed by atoms with Crippen LogP contribution in [0, 0.1) is 0 Å². The summed E-state index contributed by atoms with van der Waals surface area (Å²) in [4.78, 5) is 0. The molecule has 1 aromatic rings. The van der Waals surface area contributed by atoms with Crippen molar-refractivity contribution >= 4 is 11.8 Å². The summed E-state index contributed by atoms with van der Waals surface area (Å²) in [5.41, 5.74) is 1.32. The molecular formula is C14H25N3S. The van der Waals surface area contributed by atoms with E-state index in [2.05, 4.69) is 34.3 Å². The third kappa shape index (κ3) is 3.75. The SMILES string of the molecule is CCCn1nccc1CNC1CCC(SC)CC1. The Morgan fingerprint density at radius 1 is 1.39 bits per heavy atom. The Labute approximate surface area is 115 Å². The first-order chi connectivity index (χ1) is 8.83. The second kappa shape index (κ2) is 7.19. The molecule has 1 fully saturated rings. The molecule has 1 aliphatic rings. The van der Waals surface area contributed by atoms with E-state index in [1.165, 1.54) is 31.4 Å². The predicted molar refractivity (Wildman–Crippen MR) is 78.9 cm³/mol. The summed E-state index contributed by atoms with van der Waals surface area (Å²) < 4.78 is 2.13. The summed E-state index contributed by atoms with van der Waals surface area (Å²) >= 11 is 2.03. The number of nitrogens with one attached hydrogen (secondary N) is 1. The highest BCUT2D eigenvalue weighted by atomic mass is 32.2. The molecular weight excluding hydrogens is 242 g/mol. The van der Waals surface area contributed by atoms with Crippen LogP contribution in [-0.2, 0) is 13.1 Å². The lowest BCUT2D eigenvalue weighted by atomic mass is 9.95. The van der Waals surface area contributed by atoms with Crippen molar-refractivity contribution in [2.45, 2.75) is 63.4 Å². The van der Waals surface area contributed by atoms with E-state index >= 15 is 0 Å². The van der Waals surface area contributed by atoms with E-state index in [4.69, 9.17) is 0 Å². The molecule has 2 rings (SSSR count). The van der Waals surface area contributed by atoms with Crippen molar-refractivity contribution in [2.75, 3.05) is 6.26 Å². The van der Waals surface area contributed by atoms with Gasteiger partial charge >= 0.3 is 0 Å². The van der Waals surface area contributed by atoms with Crippen LogP contribution >= 0.6 is 11.8 Å². The standard InChI is InChI=1S/C14H25N3S/c1-3-10-17-13(8-9-16-17)11-15-12-4-6-14(18-2)7-5-12/h8-9,12,14-15H,3-7,10-11H2,1-2H3. The van der Waals surface area contributed by atoms with E-state index in [1.54, 1.807) is 0 Å². The summed E-state index contributed by atoms with van der Waals surface area (Å²) in [6, 6.07) is 2.84. The Hall–Kier alpha value is -0.480. The van der Waals surface area contributed by atoms with Crippen LogP contribution < -0.4 is 5.32 Å². The molecule has 0 spiro atoms. The Kier molecular flexibility index (Phi) is 5.57. The fraction of sp³-hybridized carbons (Fsp3) is 0.786. The molecule has 0 aromatic carbocycles. The largest absolute Gasteiger partial charge is 0.308 e. The third-order valence-corrected chi connectivity index (χ3v) is 4.96. The van der Waals surface area contributed by atoms with Crippen LogP contribution in [0.4, 0.5) is 0 Å². The molecule has 18 heavy (non-hydrogen) atoms. The van der Waals surface area contributed by atoms with Gasteiger partial charge in [0.25, 0.3) is 0 Å². The van der Waals surface area contributed by atoms with Gasteiger partial charge in [-0.25, -0.2) is 0 Å². The highest BCUT2D eigenvalue weighted by Crippen LogP contribution is 2.26. The van der Waals surface area contributed by atoms with Crippen molar-refractivity contribution in [3.63, 3.8) is 0 Å². The number of hydrogen-bond donors (Lipinski definition) is 1. The number of hydrogen-bond acceptors (Lipinski definition) is 3. The summed E-state index contributed by atoms with van der Waals surface area (Å²) in [7, 11) is 0. The van der Waals surface area contributed by atoms with Gasteiger partial charge in [-0.15, -0.1) is 0 Å². The quantitative estimate of drug-likeness (QED) is 0.859. The molecule has 102 valence electrons. The minimum absolute atomic E-state index is 0.707. The lowest BCUT2D eigenvalue weighted by molar-refractivity contribution is 0.373. The molecule has 1 N–H and O–H groups in total.